The lowest BCUT2D eigenvalue weighted by Crippen LogP contribution is -2.30. The summed E-state index contributed by atoms with van der Waals surface area (Å²) in [6.07, 6.45) is 0. The van der Waals surface area contributed by atoms with E-state index in [9.17, 15) is 0 Å². The van der Waals surface area contributed by atoms with Gasteiger partial charge in [0.05, 0.1) is 17.6 Å². The van der Waals surface area contributed by atoms with Crippen LogP contribution in [0.4, 0.5) is 0 Å². The van der Waals surface area contributed by atoms with Crippen molar-refractivity contribution in [3.8, 4) is 11.1 Å². The Kier molecular flexibility index (Phi) is 4.20. The minimum atomic E-state index is -0.419. The van der Waals surface area contributed by atoms with E-state index in [-0.39, 0.29) is 0 Å². The molecule has 2 rings (SSSR count). The molecule has 0 aromatic heterocycles. The standard InChI is InChI=1S/C16H20Si2/c1-17(2)15-11-7-5-9-13(15)14-10-6-8-12-16(14)18(3)4/h5-12H,1-4H3. The number of rotatable bonds is 3. The van der Waals surface area contributed by atoms with Gasteiger partial charge in [-0.3, -0.25) is 0 Å². The van der Waals surface area contributed by atoms with Crippen molar-refractivity contribution in [3.05, 3.63) is 48.5 Å². The number of hydrogen-bond acceptors (Lipinski definition) is 0. The van der Waals surface area contributed by atoms with E-state index in [1.54, 1.807) is 10.4 Å². The molecule has 0 heterocycles. The summed E-state index contributed by atoms with van der Waals surface area (Å²) in [6, 6.07) is 17.9. The SMILES string of the molecule is C[Si](C)c1ccccc1-c1ccccc1[Si](C)C. The van der Waals surface area contributed by atoms with Crippen LogP contribution in [0, 0.1) is 0 Å². The smallest absolute Gasteiger partial charge is 0.0671 e. The second-order valence-electron chi connectivity index (χ2n) is 5.09. The van der Waals surface area contributed by atoms with Gasteiger partial charge >= 0.3 is 0 Å². The van der Waals surface area contributed by atoms with E-state index < -0.39 is 17.6 Å². The van der Waals surface area contributed by atoms with Crippen molar-refractivity contribution >= 4 is 28.0 Å². The van der Waals surface area contributed by atoms with Gasteiger partial charge < -0.3 is 0 Å². The Morgan fingerprint density at radius 3 is 1.22 bits per heavy atom. The van der Waals surface area contributed by atoms with Crippen molar-refractivity contribution in [3.63, 3.8) is 0 Å². The third kappa shape index (κ3) is 2.65. The predicted octanol–water partition coefficient (Wildman–Crippen LogP) is 3.28. The van der Waals surface area contributed by atoms with Gasteiger partial charge in [-0.05, 0) is 11.1 Å². The first-order valence-electron chi connectivity index (χ1n) is 6.40. The van der Waals surface area contributed by atoms with Crippen molar-refractivity contribution in [2.75, 3.05) is 0 Å². The minimum absolute atomic E-state index is 0.419. The van der Waals surface area contributed by atoms with Gasteiger partial charge in [-0.25, -0.2) is 0 Å². The normalized spacial score (nSPS) is 11.2. The van der Waals surface area contributed by atoms with E-state index in [0.29, 0.717) is 0 Å². The van der Waals surface area contributed by atoms with E-state index in [0.717, 1.165) is 0 Å². The summed E-state index contributed by atoms with van der Waals surface area (Å²) in [5.74, 6) is 0. The Morgan fingerprint density at radius 1 is 0.556 bits per heavy atom. The summed E-state index contributed by atoms with van der Waals surface area (Å²) in [4.78, 5) is 0. The molecule has 0 unspecified atom stereocenters. The van der Waals surface area contributed by atoms with Crippen molar-refractivity contribution in [2.24, 2.45) is 0 Å². The second kappa shape index (κ2) is 5.68. The molecular formula is C16H20Si2. The maximum Gasteiger partial charge on any atom is 0.0799 e. The summed E-state index contributed by atoms with van der Waals surface area (Å²) >= 11 is 0. The molecule has 0 fully saturated rings. The van der Waals surface area contributed by atoms with E-state index in [1.165, 1.54) is 11.1 Å². The molecule has 0 aliphatic heterocycles. The first-order valence-corrected chi connectivity index (χ1v) is 11.4. The van der Waals surface area contributed by atoms with Gasteiger partial charge in [-0.2, -0.15) is 0 Å². The molecule has 2 radical (unpaired) electrons. The Labute approximate surface area is 114 Å². The lowest BCUT2D eigenvalue weighted by atomic mass is 10.1. The fraction of sp³-hybridized carbons (Fsp3) is 0.250. The van der Waals surface area contributed by atoms with Gasteiger partial charge in [0, 0.05) is 0 Å². The van der Waals surface area contributed by atoms with Crippen LogP contribution in [0.15, 0.2) is 48.5 Å². The summed E-state index contributed by atoms with van der Waals surface area (Å²) in [7, 11) is -0.839. The van der Waals surface area contributed by atoms with Gasteiger partial charge in [-0.1, -0.05) is 85.1 Å². The highest BCUT2D eigenvalue weighted by Crippen LogP contribution is 2.16. The molecule has 2 aromatic rings. The van der Waals surface area contributed by atoms with Gasteiger partial charge in [0.25, 0.3) is 0 Å². The van der Waals surface area contributed by atoms with Crippen molar-refractivity contribution in [2.45, 2.75) is 26.2 Å². The molecule has 2 aromatic carbocycles. The third-order valence-electron chi connectivity index (χ3n) is 3.22. The fourth-order valence-electron chi connectivity index (χ4n) is 2.31. The molecule has 0 atom stereocenters. The zero-order chi connectivity index (χ0) is 13.1. The number of benzene rings is 2. The first kappa shape index (κ1) is 13.3. The molecule has 0 saturated carbocycles. The molecule has 0 aliphatic rings. The average molecular weight is 269 g/mol. The van der Waals surface area contributed by atoms with E-state index in [1.807, 2.05) is 0 Å². The first-order chi connectivity index (χ1) is 8.61. The van der Waals surface area contributed by atoms with Crippen molar-refractivity contribution in [1.29, 1.82) is 0 Å². The highest BCUT2D eigenvalue weighted by atomic mass is 28.3. The van der Waals surface area contributed by atoms with Gasteiger partial charge in [-0.15, -0.1) is 0 Å². The summed E-state index contributed by atoms with van der Waals surface area (Å²) in [6.45, 7) is 9.48. The van der Waals surface area contributed by atoms with Crippen molar-refractivity contribution in [1.82, 2.24) is 0 Å². The second-order valence-corrected chi connectivity index (χ2v) is 10.2. The molecule has 0 N–H and O–H groups in total. The Hall–Kier alpha value is -1.13. The fourth-order valence-corrected chi connectivity index (χ4v) is 4.68. The Bertz CT molecular complexity index is 481. The molecule has 92 valence electrons. The van der Waals surface area contributed by atoms with Gasteiger partial charge in [0.15, 0.2) is 0 Å². The molecule has 0 aliphatic carbocycles. The van der Waals surface area contributed by atoms with E-state index in [4.69, 9.17) is 0 Å². The van der Waals surface area contributed by atoms with Crippen LogP contribution < -0.4 is 10.4 Å². The maximum atomic E-state index is 2.37. The van der Waals surface area contributed by atoms with Gasteiger partial charge in [0.2, 0.25) is 0 Å². The van der Waals surface area contributed by atoms with Crippen LogP contribution in [0.1, 0.15) is 0 Å². The predicted molar refractivity (Wildman–Crippen MR) is 86.1 cm³/mol. The van der Waals surface area contributed by atoms with Crippen LogP contribution in [0.5, 0.6) is 0 Å². The van der Waals surface area contributed by atoms with Crippen LogP contribution >= 0.6 is 0 Å². The quantitative estimate of drug-likeness (QED) is 0.750. The minimum Gasteiger partial charge on any atom is -0.0671 e. The summed E-state index contributed by atoms with van der Waals surface area (Å²) < 4.78 is 0. The lowest BCUT2D eigenvalue weighted by Gasteiger charge is -2.16. The highest BCUT2D eigenvalue weighted by molar-refractivity contribution is 6.74. The zero-order valence-electron chi connectivity index (χ0n) is 11.6. The molecule has 0 amide bonds. The van der Waals surface area contributed by atoms with Gasteiger partial charge in [0.1, 0.15) is 0 Å². The third-order valence-corrected chi connectivity index (χ3v) is 6.25. The Balaban J connectivity index is 2.62. The van der Waals surface area contributed by atoms with E-state index in [2.05, 4.69) is 74.7 Å². The Morgan fingerprint density at radius 2 is 0.889 bits per heavy atom. The largest absolute Gasteiger partial charge is 0.0799 e. The molecular weight excluding hydrogens is 248 g/mol. The van der Waals surface area contributed by atoms with Crippen LogP contribution in [-0.4, -0.2) is 17.6 Å². The van der Waals surface area contributed by atoms with Crippen LogP contribution in [-0.2, 0) is 0 Å². The molecule has 0 spiro atoms. The molecule has 18 heavy (non-hydrogen) atoms. The molecule has 0 saturated heterocycles. The zero-order valence-corrected chi connectivity index (χ0v) is 13.6. The van der Waals surface area contributed by atoms with Crippen molar-refractivity contribution < 1.29 is 0 Å². The number of hydrogen-bond donors (Lipinski definition) is 0. The van der Waals surface area contributed by atoms with E-state index >= 15 is 0 Å². The lowest BCUT2D eigenvalue weighted by molar-refractivity contribution is 1.66. The van der Waals surface area contributed by atoms with Crippen LogP contribution in [0.25, 0.3) is 11.1 Å². The molecule has 0 nitrogen and oxygen atoms in total. The van der Waals surface area contributed by atoms with Crippen LogP contribution in [0.3, 0.4) is 0 Å². The molecule has 0 bridgehead atoms. The topological polar surface area (TPSA) is 0 Å². The average Bonchev–Trinajstić information content (AvgIpc) is 2.38. The maximum absolute atomic E-state index is 2.37. The van der Waals surface area contributed by atoms with Crippen LogP contribution in [0.2, 0.25) is 26.2 Å². The monoisotopic (exact) mass is 268 g/mol. The summed E-state index contributed by atoms with van der Waals surface area (Å²) in [5, 5.41) is 3.11. The molecule has 2 heteroatoms. The highest BCUT2D eigenvalue weighted by Gasteiger charge is 2.13. The summed E-state index contributed by atoms with van der Waals surface area (Å²) in [5.41, 5.74) is 2.91.